The molecule has 0 atom stereocenters. The Kier molecular flexibility index (Phi) is 5.53. The van der Waals surface area contributed by atoms with Crippen molar-refractivity contribution in [1.82, 2.24) is 5.01 Å². The monoisotopic (exact) mass is 391 g/mol. The van der Waals surface area contributed by atoms with Crippen LogP contribution in [0.5, 0.6) is 0 Å². The third-order valence-corrected chi connectivity index (χ3v) is 4.32. The van der Waals surface area contributed by atoms with Crippen LogP contribution in [0.3, 0.4) is 0 Å². The molecule has 0 fully saturated rings. The first-order chi connectivity index (χ1) is 13.3. The molecule has 148 valence electrons. The molecule has 2 aromatic carbocycles. The summed E-state index contributed by atoms with van der Waals surface area (Å²) < 4.78 is 38.6. The zero-order valence-corrected chi connectivity index (χ0v) is 15.7. The van der Waals surface area contributed by atoms with Crippen molar-refractivity contribution in [3.05, 3.63) is 64.7 Å². The standard InChI is InChI=1S/C19H20F3N5O/c1-13-6-4-9-18(27-12-26(3)24-25-27)17(13)11-28-23-14(2)15-7-5-8-16(10-15)19(20,21)22/h4-10H,11-12H2,1-3H3. The molecular weight excluding hydrogens is 371 g/mol. The third-order valence-electron chi connectivity index (χ3n) is 4.32. The molecule has 3 rings (SSSR count). The van der Waals surface area contributed by atoms with Crippen LogP contribution < -0.4 is 5.01 Å². The van der Waals surface area contributed by atoms with Crippen molar-refractivity contribution in [3.63, 3.8) is 0 Å². The van der Waals surface area contributed by atoms with Gasteiger partial charge in [-0.1, -0.05) is 34.6 Å². The first kappa shape index (κ1) is 19.7. The summed E-state index contributed by atoms with van der Waals surface area (Å²) in [6.45, 7) is 4.23. The summed E-state index contributed by atoms with van der Waals surface area (Å²) in [7, 11) is 1.82. The van der Waals surface area contributed by atoms with Crippen molar-refractivity contribution in [2.24, 2.45) is 15.6 Å². The summed E-state index contributed by atoms with van der Waals surface area (Å²) in [5.41, 5.74) is 2.73. The smallest absolute Gasteiger partial charge is 0.391 e. The van der Waals surface area contributed by atoms with E-state index < -0.39 is 11.7 Å². The first-order valence-electron chi connectivity index (χ1n) is 8.58. The van der Waals surface area contributed by atoms with Gasteiger partial charge in [0.2, 0.25) is 0 Å². The highest BCUT2D eigenvalue weighted by molar-refractivity contribution is 5.98. The maximum atomic E-state index is 12.9. The minimum atomic E-state index is -4.40. The molecule has 1 aliphatic rings. The highest BCUT2D eigenvalue weighted by atomic mass is 19.4. The Morgan fingerprint density at radius 2 is 1.93 bits per heavy atom. The molecule has 9 heteroatoms. The number of alkyl halides is 3. The average molecular weight is 391 g/mol. The average Bonchev–Trinajstić information content (AvgIpc) is 3.08. The van der Waals surface area contributed by atoms with E-state index in [-0.39, 0.29) is 6.61 Å². The molecule has 0 saturated heterocycles. The van der Waals surface area contributed by atoms with Crippen LogP contribution in [-0.2, 0) is 17.6 Å². The molecule has 0 spiro atoms. The number of anilines is 1. The Labute approximate surface area is 160 Å². The van der Waals surface area contributed by atoms with Crippen molar-refractivity contribution in [1.29, 1.82) is 0 Å². The van der Waals surface area contributed by atoms with Crippen LogP contribution in [0.2, 0.25) is 0 Å². The van der Waals surface area contributed by atoms with Crippen LogP contribution in [0.25, 0.3) is 0 Å². The number of hydrogen-bond acceptors (Lipinski definition) is 6. The van der Waals surface area contributed by atoms with Crippen molar-refractivity contribution in [2.45, 2.75) is 26.6 Å². The minimum absolute atomic E-state index is 0.161. The molecular formula is C19H20F3N5O. The fourth-order valence-corrected chi connectivity index (χ4v) is 2.77. The van der Waals surface area contributed by atoms with Gasteiger partial charge in [-0.05, 0) is 48.4 Å². The van der Waals surface area contributed by atoms with E-state index in [9.17, 15) is 13.2 Å². The SMILES string of the molecule is CC(=NOCc1c(C)cccc1N1CN(C)N=N1)c1cccc(C(F)(F)F)c1. The minimum Gasteiger partial charge on any atom is -0.391 e. The van der Waals surface area contributed by atoms with Gasteiger partial charge in [0, 0.05) is 12.6 Å². The van der Waals surface area contributed by atoms with Gasteiger partial charge in [-0.15, -0.1) is 0 Å². The number of hydrogen-bond donors (Lipinski definition) is 0. The highest BCUT2D eigenvalue weighted by Gasteiger charge is 2.30. The van der Waals surface area contributed by atoms with E-state index >= 15 is 0 Å². The molecule has 0 aliphatic carbocycles. The fourth-order valence-electron chi connectivity index (χ4n) is 2.77. The molecule has 0 radical (unpaired) electrons. The molecule has 1 aliphatic heterocycles. The van der Waals surface area contributed by atoms with Crippen LogP contribution >= 0.6 is 0 Å². The second-order valence-electron chi connectivity index (χ2n) is 6.48. The summed E-state index contributed by atoms with van der Waals surface area (Å²) in [5.74, 6) is 0. The summed E-state index contributed by atoms with van der Waals surface area (Å²) >= 11 is 0. The van der Waals surface area contributed by atoms with Gasteiger partial charge in [-0.2, -0.15) is 13.2 Å². The maximum absolute atomic E-state index is 12.9. The Morgan fingerprint density at radius 1 is 1.18 bits per heavy atom. The van der Waals surface area contributed by atoms with E-state index in [1.54, 1.807) is 23.0 Å². The quantitative estimate of drug-likeness (QED) is 0.536. The number of benzene rings is 2. The lowest BCUT2D eigenvalue weighted by atomic mass is 10.1. The normalized spacial score (nSPS) is 14.7. The molecule has 28 heavy (non-hydrogen) atoms. The maximum Gasteiger partial charge on any atom is 0.416 e. The van der Waals surface area contributed by atoms with Crippen LogP contribution in [0.15, 0.2) is 58.1 Å². The van der Waals surface area contributed by atoms with Gasteiger partial charge in [0.05, 0.1) is 17.0 Å². The largest absolute Gasteiger partial charge is 0.416 e. The molecule has 1 heterocycles. The van der Waals surface area contributed by atoms with Crippen LogP contribution in [-0.4, -0.2) is 24.4 Å². The van der Waals surface area contributed by atoms with Crippen molar-refractivity contribution in [3.8, 4) is 0 Å². The zero-order chi connectivity index (χ0) is 20.3. The van der Waals surface area contributed by atoms with Gasteiger partial charge in [-0.3, -0.25) is 5.01 Å². The second kappa shape index (κ2) is 7.87. The third kappa shape index (κ3) is 4.41. The molecule has 0 saturated carbocycles. The lowest BCUT2D eigenvalue weighted by Gasteiger charge is -2.18. The molecule has 0 aromatic heterocycles. The first-order valence-corrected chi connectivity index (χ1v) is 8.58. The van der Waals surface area contributed by atoms with Gasteiger partial charge < -0.3 is 4.84 Å². The predicted molar refractivity (Wildman–Crippen MR) is 99.6 cm³/mol. The van der Waals surface area contributed by atoms with E-state index in [2.05, 4.69) is 15.6 Å². The van der Waals surface area contributed by atoms with Gasteiger partial charge >= 0.3 is 6.18 Å². The number of nitrogens with zero attached hydrogens (tertiary/aromatic N) is 5. The van der Waals surface area contributed by atoms with Crippen molar-refractivity contribution < 1.29 is 18.0 Å². The van der Waals surface area contributed by atoms with E-state index in [1.165, 1.54) is 6.07 Å². The molecule has 0 unspecified atom stereocenters. The number of halogens is 3. The van der Waals surface area contributed by atoms with Gasteiger partial charge in [-0.25, -0.2) is 5.01 Å². The molecule has 0 bridgehead atoms. The lowest BCUT2D eigenvalue weighted by Crippen LogP contribution is -2.22. The molecule has 6 nitrogen and oxygen atoms in total. The fraction of sp³-hybridized carbons (Fsp3) is 0.316. The van der Waals surface area contributed by atoms with Gasteiger partial charge in [0.15, 0.2) is 0 Å². The van der Waals surface area contributed by atoms with Crippen LogP contribution in [0, 0.1) is 6.92 Å². The van der Waals surface area contributed by atoms with E-state index in [1.807, 2.05) is 32.2 Å². The van der Waals surface area contributed by atoms with Crippen molar-refractivity contribution >= 4 is 11.4 Å². The Bertz CT molecular complexity index is 911. The Balaban J connectivity index is 1.75. The molecule has 0 amide bonds. The highest BCUT2D eigenvalue weighted by Crippen LogP contribution is 2.30. The Morgan fingerprint density at radius 3 is 2.61 bits per heavy atom. The van der Waals surface area contributed by atoms with E-state index in [0.717, 1.165) is 28.9 Å². The molecule has 0 N–H and O–H groups in total. The summed E-state index contributed by atoms with van der Waals surface area (Å²) in [5, 5.41) is 15.5. The number of rotatable bonds is 5. The van der Waals surface area contributed by atoms with Crippen LogP contribution in [0.1, 0.15) is 29.2 Å². The van der Waals surface area contributed by atoms with Gasteiger partial charge in [0.1, 0.15) is 13.3 Å². The van der Waals surface area contributed by atoms with Crippen LogP contribution in [0.4, 0.5) is 18.9 Å². The lowest BCUT2D eigenvalue weighted by molar-refractivity contribution is -0.137. The topological polar surface area (TPSA) is 52.8 Å². The van der Waals surface area contributed by atoms with Crippen molar-refractivity contribution in [2.75, 3.05) is 18.7 Å². The number of oxime groups is 1. The predicted octanol–water partition coefficient (Wildman–Crippen LogP) is 4.95. The summed E-state index contributed by atoms with van der Waals surface area (Å²) in [6.07, 6.45) is -4.40. The van der Waals surface area contributed by atoms with E-state index in [0.29, 0.717) is 17.9 Å². The molecule has 2 aromatic rings. The van der Waals surface area contributed by atoms with Gasteiger partial charge in [0.25, 0.3) is 0 Å². The number of aryl methyl sites for hydroxylation is 1. The second-order valence-corrected chi connectivity index (χ2v) is 6.48. The summed E-state index contributed by atoms with van der Waals surface area (Å²) in [6, 6.07) is 10.8. The summed E-state index contributed by atoms with van der Waals surface area (Å²) in [4.78, 5) is 5.46. The Hall–Kier alpha value is -3.10. The zero-order valence-electron chi connectivity index (χ0n) is 15.7. The van der Waals surface area contributed by atoms with E-state index in [4.69, 9.17) is 4.84 Å².